The molecule has 0 unspecified atom stereocenters. The van der Waals surface area contributed by atoms with E-state index in [4.69, 9.17) is 0 Å². The maximum atomic E-state index is 11.8. The third-order valence-electron chi connectivity index (χ3n) is 2.67. The second kappa shape index (κ2) is 7.40. The highest BCUT2D eigenvalue weighted by Crippen LogP contribution is 2.26. The van der Waals surface area contributed by atoms with Crippen molar-refractivity contribution in [3.05, 3.63) is 16.1 Å². The van der Waals surface area contributed by atoms with E-state index in [0.29, 0.717) is 18.2 Å². The Morgan fingerprint density at radius 1 is 1.56 bits per heavy atom. The molecule has 3 nitrogen and oxygen atoms in total. The molecule has 0 spiro atoms. The Morgan fingerprint density at radius 2 is 2.44 bits per heavy atom. The van der Waals surface area contributed by atoms with E-state index in [2.05, 4.69) is 15.7 Å². The van der Waals surface area contributed by atoms with Crippen LogP contribution in [0.4, 0.5) is 0 Å². The van der Waals surface area contributed by atoms with Gasteiger partial charge in [-0.25, -0.2) is 4.98 Å². The topological polar surface area (TPSA) is 42.0 Å². The van der Waals surface area contributed by atoms with Gasteiger partial charge in [0, 0.05) is 47.3 Å². The molecule has 0 aliphatic carbocycles. The number of aromatic nitrogens is 1. The number of carbonyl (C=O) groups is 1. The average molecular weight is 302 g/mol. The summed E-state index contributed by atoms with van der Waals surface area (Å²) in [5.74, 6) is 3.71. The monoisotopic (exact) mass is 302 g/mol. The Bertz CT molecular complexity index is 388. The van der Waals surface area contributed by atoms with Gasteiger partial charge in [-0.3, -0.25) is 4.79 Å². The van der Waals surface area contributed by atoms with E-state index in [1.165, 1.54) is 11.5 Å². The molecule has 1 atom stereocenters. The van der Waals surface area contributed by atoms with Gasteiger partial charge in [-0.2, -0.15) is 23.5 Å². The Morgan fingerprint density at radius 3 is 3.11 bits per heavy atom. The van der Waals surface area contributed by atoms with Crippen molar-refractivity contribution in [2.24, 2.45) is 0 Å². The van der Waals surface area contributed by atoms with Crippen molar-refractivity contribution in [2.45, 2.75) is 25.0 Å². The average Bonchev–Trinajstić information content (AvgIpc) is 2.76. The summed E-state index contributed by atoms with van der Waals surface area (Å²) < 4.78 is 0. The van der Waals surface area contributed by atoms with Crippen LogP contribution in [-0.4, -0.2) is 39.9 Å². The lowest BCUT2D eigenvalue weighted by Crippen LogP contribution is -2.30. The first kappa shape index (κ1) is 14.2. The fourth-order valence-electron chi connectivity index (χ4n) is 1.79. The minimum absolute atomic E-state index is 0.182. The maximum Gasteiger partial charge on any atom is 0.221 e. The molecule has 1 aromatic rings. The molecule has 1 aliphatic rings. The number of nitrogens with zero attached hydrogens (tertiary/aromatic N) is 1. The van der Waals surface area contributed by atoms with Crippen LogP contribution in [0, 0.1) is 6.92 Å². The summed E-state index contributed by atoms with van der Waals surface area (Å²) in [4.78, 5) is 16.1. The van der Waals surface area contributed by atoms with Crippen molar-refractivity contribution in [3.63, 3.8) is 0 Å². The number of hydrogen-bond acceptors (Lipinski definition) is 5. The summed E-state index contributed by atoms with van der Waals surface area (Å²) in [6, 6.07) is 0. The predicted octanol–water partition coefficient (Wildman–Crippen LogP) is 2.35. The molecular formula is C12H18N2OS3. The van der Waals surface area contributed by atoms with Gasteiger partial charge in [0.05, 0.1) is 10.7 Å². The van der Waals surface area contributed by atoms with E-state index in [0.717, 1.165) is 22.9 Å². The van der Waals surface area contributed by atoms with Gasteiger partial charge in [0.1, 0.15) is 0 Å². The van der Waals surface area contributed by atoms with Gasteiger partial charge in [-0.05, 0) is 6.92 Å². The molecule has 0 bridgehead atoms. The van der Waals surface area contributed by atoms with Gasteiger partial charge in [0.25, 0.3) is 0 Å². The lowest BCUT2D eigenvalue weighted by atomic mass is 10.3. The first-order valence-corrected chi connectivity index (χ1v) is 9.19. The normalized spacial score (nSPS) is 19.7. The van der Waals surface area contributed by atoms with E-state index >= 15 is 0 Å². The number of aryl methyl sites for hydroxylation is 1. The lowest BCUT2D eigenvalue weighted by Gasteiger charge is -2.20. The number of thioether (sulfide) groups is 2. The number of thiazole rings is 1. The fourth-order valence-corrected chi connectivity index (χ4v) is 5.11. The Hall–Kier alpha value is -0.200. The van der Waals surface area contributed by atoms with Gasteiger partial charge in [0.2, 0.25) is 5.91 Å². The molecule has 0 aromatic carbocycles. The number of carbonyl (C=O) groups excluding carboxylic acids is 1. The van der Waals surface area contributed by atoms with Crippen molar-refractivity contribution in [3.8, 4) is 0 Å². The van der Waals surface area contributed by atoms with Crippen LogP contribution in [0.2, 0.25) is 0 Å². The largest absolute Gasteiger partial charge is 0.356 e. The lowest BCUT2D eigenvalue weighted by molar-refractivity contribution is -0.120. The van der Waals surface area contributed by atoms with Crippen LogP contribution >= 0.6 is 34.9 Å². The highest BCUT2D eigenvalue weighted by atomic mass is 32.2. The molecule has 18 heavy (non-hydrogen) atoms. The molecule has 1 N–H and O–H groups in total. The smallest absolute Gasteiger partial charge is 0.221 e. The fraction of sp³-hybridized carbons (Fsp3) is 0.667. The first-order valence-electron chi connectivity index (χ1n) is 6.11. The Labute approximate surface area is 121 Å². The zero-order valence-corrected chi connectivity index (χ0v) is 12.9. The van der Waals surface area contributed by atoms with Crippen molar-refractivity contribution in [2.75, 3.05) is 23.8 Å². The van der Waals surface area contributed by atoms with E-state index in [9.17, 15) is 4.79 Å². The van der Waals surface area contributed by atoms with Crippen molar-refractivity contribution < 1.29 is 4.79 Å². The van der Waals surface area contributed by atoms with Crippen LogP contribution in [0.5, 0.6) is 0 Å². The number of nitrogens with one attached hydrogen (secondary N) is 1. The Balaban J connectivity index is 1.62. The minimum atomic E-state index is 0.182. The maximum absolute atomic E-state index is 11.8. The highest BCUT2D eigenvalue weighted by Gasteiger charge is 2.17. The second-order valence-electron chi connectivity index (χ2n) is 4.23. The van der Waals surface area contributed by atoms with Crippen LogP contribution in [0.15, 0.2) is 5.38 Å². The number of hydrogen-bond donors (Lipinski definition) is 1. The summed E-state index contributed by atoms with van der Waals surface area (Å²) in [5, 5.41) is 6.65. The summed E-state index contributed by atoms with van der Waals surface area (Å²) in [6.45, 7) is 2.71. The minimum Gasteiger partial charge on any atom is -0.356 e. The standard InChI is InChI=1S/C12H18N2OS3/c1-9-14-10(7-18-9)2-3-13-12(15)6-11-8-16-4-5-17-11/h7,11H,2-6,8H2,1H3,(H,13,15)/t11-/m1/s1. The molecular weight excluding hydrogens is 284 g/mol. The van der Waals surface area contributed by atoms with Gasteiger partial charge < -0.3 is 5.32 Å². The SMILES string of the molecule is Cc1nc(CCNC(=O)C[C@@H]2CSCCS2)cs1. The Kier molecular flexibility index (Phi) is 5.85. The molecule has 2 rings (SSSR count). The molecule has 1 saturated heterocycles. The van der Waals surface area contributed by atoms with E-state index in [-0.39, 0.29) is 5.91 Å². The molecule has 2 heterocycles. The van der Waals surface area contributed by atoms with Gasteiger partial charge in [-0.1, -0.05) is 0 Å². The quantitative estimate of drug-likeness (QED) is 0.906. The van der Waals surface area contributed by atoms with E-state index < -0.39 is 0 Å². The zero-order chi connectivity index (χ0) is 12.8. The molecule has 1 amide bonds. The van der Waals surface area contributed by atoms with E-state index in [1.807, 2.05) is 30.4 Å². The zero-order valence-electron chi connectivity index (χ0n) is 10.5. The first-order chi connectivity index (χ1) is 8.74. The van der Waals surface area contributed by atoms with Crippen molar-refractivity contribution in [1.82, 2.24) is 10.3 Å². The van der Waals surface area contributed by atoms with E-state index in [1.54, 1.807) is 11.3 Å². The summed E-state index contributed by atoms with van der Waals surface area (Å²) in [6.07, 6.45) is 1.50. The third kappa shape index (κ3) is 4.82. The van der Waals surface area contributed by atoms with Gasteiger partial charge in [-0.15, -0.1) is 11.3 Å². The van der Waals surface area contributed by atoms with Crippen molar-refractivity contribution in [1.29, 1.82) is 0 Å². The van der Waals surface area contributed by atoms with Gasteiger partial charge in [0.15, 0.2) is 0 Å². The van der Waals surface area contributed by atoms with Gasteiger partial charge >= 0.3 is 0 Å². The molecule has 6 heteroatoms. The van der Waals surface area contributed by atoms with Crippen LogP contribution in [-0.2, 0) is 11.2 Å². The highest BCUT2D eigenvalue weighted by molar-refractivity contribution is 8.06. The number of amides is 1. The number of rotatable bonds is 5. The van der Waals surface area contributed by atoms with Crippen LogP contribution in [0.1, 0.15) is 17.1 Å². The molecule has 0 radical (unpaired) electrons. The van der Waals surface area contributed by atoms with Crippen LogP contribution < -0.4 is 5.32 Å². The summed E-state index contributed by atoms with van der Waals surface area (Å²) in [5.41, 5.74) is 1.08. The molecule has 1 fully saturated rings. The molecule has 0 saturated carbocycles. The molecule has 1 aliphatic heterocycles. The summed E-state index contributed by atoms with van der Waals surface area (Å²) in [7, 11) is 0. The second-order valence-corrected chi connectivity index (χ2v) is 7.85. The predicted molar refractivity (Wildman–Crippen MR) is 81.8 cm³/mol. The summed E-state index contributed by atoms with van der Waals surface area (Å²) >= 11 is 5.55. The van der Waals surface area contributed by atoms with Crippen LogP contribution in [0.3, 0.4) is 0 Å². The third-order valence-corrected chi connectivity index (χ3v) is 6.34. The molecule has 100 valence electrons. The van der Waals surface area contributed by atoms with Crippen molar-refractivity contribution >= 4 is 40.8 Å². The molecule has 1 aromatic heterocycles. The van der Waals surface area contributed by atoms with Crippen LogP contribution in [0.25, 0.3) is 0 Å².